The minimum absolute atomic E-state index is 0. The average molecular weight is 545 g/mol. The zero-order valence-corrected chi connectivity index (χ0v) is 26.1. The molecule has 0 N–H and O–H groups in total. The van der Waals surface area contributed by atoms with Gasteiger partial charge < -0.3 is 24.8 Å². The molecule has 0 radical (unpaired) electrons. The predicted octanol–water partition coefficient (Wildman–Crippen LogP) is 3.35. The molecule has 0 spiro atoms. The van der Waals surface area contributed by atoms with E-state index in [1.165, 1.54) is 12.8 Å². The number of hydrogen-bond donors (Lipinski definition) is 0. The molecule has 0 aromatic carbocycles. The fourth-order valence-electron chi connectivity index (χ4n) is 5.12. The second kappa shape index (κ2) is 9.96. The van der Waals surface area contributed by atoms with Gasteiger partial charge in [0.05, 0.1) is 0 Å². The summed E-state index contributed by atoms with van der Waals surface area (Å²) in [6.07, 6.45) is 17.7. The molecule has 0 aromatic rings. The summed E-state index contributed by atoms with van der Waals surface area (Å²) in [5.41, 5.74) is 4.15. The summed E-state index contributed by atoms with van der Waals surface area (Å²) in [6, 6.07) is 0. The molecule has 0 saturated heterocycles. The van der Waals surface area contributed by atoms with Crippen LogP contribution in [0.5, 0.6) is 0 Å². The van der Waals surface area contributed by atoms with Crippen LogP contribution in [0, 0.1) is 21.7 Å². The summed E-state index contributed by atoms with van der Waals surface area (Å²) in [6.45, 7) is 29.0. The van der Waals surface area contributed by atoms with Crippen LogP contribution < -0.4 is 24.8 Å². The maximum Gasteiger partial charge on any atom is -1.00 e. The van der Waals surface area contributed by atoms with E-state index in [1.807, 2.05) is 0 Å². The van der Waals surface area contributed by atoms with E-state index in [0.29, 0.717) is 0 Å². The van der Waals surface area contributed by atoms with E-state index in [9.17, 15) is 0 Å². The number of allylic oxidation sites excluding steroid dienone is 8. The average Bonchev–Trinajstić information content (AvgIpc) is 3.15. The van der Waals surface area contributed by atoms with E-state index in [-0.39, 0.29) is 52.7 Å². The molecule has 0 fully saturated rings. The third kappa shape index (κ3) is 5.92. The smallest absolute Gasteiger partial charge is 1.00 e. The third-order valence-electron chi connectivity index (χ3n) is 8.67. The number of hydrogen-bond acceptors (Lipinski definition) is 0. The molecule has 2 aliphatic carbocycles. The van der Waals surface area contributed by atoms with Crippen molar-refractivity contribution >= 4 is 0 Å². The zero-order valence-electron chi connectivity index (χ0n) is 22.1. The Balaban J connectivity index is 0.00000450. The van der Waals surface area contributed by atoms with Crippen LogP contribution in [0.2, 0.25) is 6.25 Å². The van der Waals surface area contributed by atoms with Gasteiger partial charge in [-0.1, -0.05) is 0 Å². The Morgan fingerprint density at radius 1 is 0.645 bits per heavy atom. The molecule has 4 atom stereocenters. The van der Waals surface area contributed by atoms with Crippen molar-refractivity contribution in [3.05, 3.63) is 47.6 Å². The van der Waals surface area contributed by atoms with Crippen molar-refractivity contribution in [1.29, 1.82) is 0 Å². The van der Waals surface area contributed by atoms with E-state index < -0.39 is 23.2 Å². The second-order valence-corrected chi connectivity index (χ2v) is 18.3. The first-order valence-corrected chi connectivity index (χ1v) is 14.1. The third-order valence-corrected chi connectivity index (χ3v) is 12.8. The number of halogens is 2. The van der Waals surface area contributed by atoms with Crippen LogP contribution in [0.1, 0.15) is 95.9 Å². The van der Waals surface area contributed by atoms with Crippen molar-refractivity contribution in [3.63, 3.8) is 0 Å². The molecule has 2 aliphatic rings. The van der Waals surface area contributed by atoms with Crippen LogP contribution in [0.15, 0.2) is 47.6 Å². The standard InChI is InChI=1S/2C14H23.2ClH.Zr/c2*1-7-14(6,13(3,4)5)12-9-8-11(2)10-12;;;/h2*8-10H,7H2,1-6H3;2*1H;/q;;;;+2/p-2. The molecule has 0 bridgehead atoms. The molecule has 0 saturated carbocycles. The Kier molecular flexibility index (Phi) is 10.1. The fourth-order valence-corrected chi connectivity index (χ4v) is 9.91. The summed E-state index contributed by atoms with van der Waals surface area (Å²) in [5, 5.41) is 0. The Labute approximate surface area is 218 Å². The van der Waals surface area contributed by atoms with E-state index in [0.717, 1.165) is 0 Å². The van der Waals surface area contributed by atoms with Crippen LogP contribution in [0.3, 0.4) is 0 Å². The Bertz CT molecular complexity index is 697. The van der Waals surface area contributed by atoms with Gasteiger partial charge >= 0.3 is 195 Å². The SMILES string of the molecule is CCC(C)(C1=C[C](C)([Zr+2][C]2(C)C=CC(C(C)(CC)C(C)(C)C)=C2)C=C1)C(C)(C)C.[Cl-].[Cl-]. The van der Waals surface area contributed by atoms with Crippen LogP contribution in [-0.2, 0) is 23.2 Å². The van der Waals surface area contributed by atoms with Crippen molar-refractivity contribution in [1.82, 2.24) is 0 Å². The van der Waals surface area contributed by atoms with Crippen molar-refractivity contribution in [2.75, 3.05) is 0 Å². The van der Waals surface area contributed by atoms with Gasteiger partial charge in [-0.25, -0.2) is 0 Å². The molecular formula is C28H46Cl2Zr. The molecule has 0 aliphatic heterocycles. The Morgan fingerprint density at radius 2 is 0.935 bits per heavy atom. The van der Waals surface area contributed by atoms with Gasteiger partial charge in [-0.05, 0) is 0 Å². The monoisotopic (exact) mass is 542 g/mol. The van der Waals surface area contributed by atoms with Gasteiger partial charge in [-0.2, -0.15) is 0 Å². The van der Waals surface area contributed by atoms with Gasteiger partial charge in [0.2, 0.25) is 0 Å². The first kappa shape index (κ1) is 31.4. The van der Waals surface area contributed by atoms with Crippen LogP contribution in [-0.4, -0.2) is 0 Å². The molecule has 0 nitrogen and oxygen atoms in total. The van der Waals surface area contributed by atoms with Crippen LogP contribution in [0.4, 0.5) is 0 Å². The van der Waals surface area contributed by atoms with Gasteiger partial charge in [-0.15, -0.1) is 0 Å². The van der Waals surface area contributed by atoms with Gasteiger partial charge in [0.15, 0.2) is 0 Å². The van der Waals surface area contributed by atoms with Gasteiger partial charge in [0.1, 0.15) is 0 Å². The van der Waals surface area contributed by atoms with Crippen molar-refractivity contribution in [3.8, 4) is 0 Å². The van der Waals surface area contributed by atoms with Crippen LogP contribution in [0.25, 0.3) is 0 Å². The molecule has 0 aromatic heterocycles. The van der Waals surface area contributed by atoms with E-state index in [1.54, 1.807) is 11.1 Å². The number of rotatable bonds is 6. The van der Waals surface area contributed by atoms with E-state index in [4.69, 9.17) is 0 Å². The molecule has 176 valence electrons. The summed E-state index contributed by atoms with van der Waals surface area (Å²) in [4.78, 5) is 0. The molecule has 0 heterocycles. The molecular weight excluding hydrogens is 498 g/mol. The van der Waals surface area contributed by atoms with Gasteiger partial charge in [-0.3, -0.25) is 0 Å². The van der Waals surface area contributed by atoms with Crippen molar-refractivity contribution < 1.29 is 48.0 Å². The predicted molar refractivity (Wildman–Crippen MR) is 127 cm³/mol. The minimum atomic E-state index is -0.789. The van der Waals surface area contributed by atoms with E-state index in [2.05, 4.69) is 120 Å². The quantitative estimate of drug-likeness (QED) is 0.481. The maximum atomic E-state index is 2.65. The van der Waals surface area contributed by atoms with Gasteiger partial charge in [0, 0.05) is 0 Å². The molecule has 0 amide bonds. The van der Waals surface area contributed by atoms with Crippen LogP contribution >= 0.6 is 0 Å². The summed E-state index contributed by atoms with van der Waals surface area (Å²) >= 11 is -0.789. The molecule has 3 heteroatoms. The van der Waals surface area contributed by atoms with Crippen molar-refractivity contribution in [2.24, 2.45) is 21.7 Å². The van der Waals surface area contributed by atoms with E-state index >= 15 is 0 Å². The Morgan fingerprint density at radius 3 is 1.16 bits per heavy atom. The first-order valence-electron chi connectivity index (χ1n) is 11.6. The largest absolute Gasteiger partial charge is 1.00 e. The molecule has 31 heavy (non-hydrogen) atoms. The van der Waals surface area contributed by atoms with Crippen molar-refractivity contribution in [2.45, 2.75) is 102 Å². The van der Waals surface area contributed by atoms with Gasteiger partial charge in [0.25, 0.3) is 0 Å². The first-order chi connectivity index (χ1) is 13.0. The topological polar surface area (TPSA) is 0 Å². The zero-order chi connectivity index (χ0) is 22.5. The second-order valence-electron chi connectivity index (χ2n) is 12.4. The maximum absolute atomic E-state index is 2.65. The Hall–Kier alpha value is 0.423. The summed E-state index contributed by atoms with van der Waals surface area (Å²) < 4.78 is 0.575. The minimum Gasteiger partial charge on any atom is -1.00 e. The summed E-state index contributed by atoms with van der Waals surface area (Å²) in [7, 11) is 0. The normalized spacial score (nSPS) is 29.2. The fraction of sp³-hybridized carbons (Fsp3) is 0.714. The summed E-state index contributed by atoms with van der Waals surface area (Å²) in [5.74, 6) is 0. The molecule has 2 rings (SSSR count). The molecule has 4 unspecified atom stereocenters.